The monoisotopic (exact) mass is 325 g/mol. The Morgan fingerprint density at radius 2 is 2.00 bits per heavy atom. The zero-order valence-corrected chi connectivity index (χ0v) is 13.8. The highest BCUT2D eigenvalue weighted by molar-refractivity contribution is 5.59. The molecule has 0 saturated carbocycles. The number of aliphatic hydroxyl groups excluding tert-OH is 1. The lowest BCUT2D eigenvalue weighted by atomic mass is 10.1. The van der Waals surface area contributed by atoms with Gasteiger partial charge in [-0.3, -0.25) is 9.58 Å². The second kappa shape index (κ2) is 7.95. The average molecular weight is 325 g/mol. The molecule has 6 heteroatoms. The summed E-state index contributed by atoms with van der Waals surface area (Å²) in [7, 11) is 0. The minimum atomic E-state index is -0.428. The lowest BCUT2D eigenvalue weighted by Crippen LogP contribution is -2.37. The third-order valence-electron chi connectivity index (χ3n) is 4.38. The van der Waals surface area contributed by atoms with E-state index < -0.39 is 6.10 Å². The maximum absolute atomic E-state index is 10.3. The Labute approximate surface area is 142 Å². The molecular formula is C18H23N5O. The lowest BCUT2D eigenvalue weighted by Gasteiger charge is -2.25. The summed E-state index contributed by atoms with van der Waals surface area (Å²) in [5.41, 5.74) is 1.74. The van der Waals surface area contributed by atoms with Gasteiger partial charge in [0.1, 0.15) is 6.07 Å². The van der Waals surface area contributed by atoms with Crippen LogP contribution in [-0.4, -0.2) is 58.6 Å². The molecule has 0 spiro atoms. The number of nitriles is 1. The molecule has 3 rings (SSSR count). The first-order chi connectivity index (χ1) is 11.8. The maximum atomic E-state index is 10.3. The molecule has 1 unspecified atom stereocenters. The van der Waals surface area contributed by atoms with Gasteiger partial charge in [0.25, 0.3) is 0 Å². The highest BCUT2D eigenvalue weighted by Crippen LogP contribution is 2.21. The molecule has 1 saturated heterocycles. The van der Waals surface area contributed by atoms with E-state index in [4.69, 9.17) is 0 Å². The highest BCUT2D eigenvalue weighted by Gasteiger charge is 2.19. The maximum Gasteiger partial charge on any atom is 0.101 e. The van der Waals surface area contributed by atoms with Gasteiger partial charge in [0, 0.05) is 38.6 Å². The van der Waals surface area contributed by atoms with Crippen molar-refractivity contribution in [2.24, 2.45) is 0 Å². The summed E-state index contributed by atoms with van der Waals surface area (Å²) in [6, 6.07) is 11.9. The third kappa shape index (κ3) is 4.13. The van der Waals surface area contributed by atoms with Gasteiger partial charge in [0.15, 0.2) is 0 Å². The number of rotatable bonds is 5. The number of aromatic nitrogens is 2. The Morgan fingerprint density at radius 3 is 2.79 bits per heavy atom. The first-order valence-electron chi connectivity index (χ1n) is 8.38. The van der Waals surface area contributed by atoms with Crippen molar-refractivity contribution < 1.29 is 5.11 Å². The summed E-state index contributed by atoms with van der Waals surface area (Å²) >= 11 is 0. The molecule has 0 bridgehead atoms. The van der Waals surface area contributed by atoms with Crippen LogP contribution in [0.25, 0.3) is 0 Å². The molecule has 0 aliphatic carbocycles. The van der Waals surface area contributed by atoms with Gasteiger partial charge in [0.05, 0.1) is 23.9 Å². The number of para-hydroxylation sites is 1. The van der Waals surface area contributed by atoms with Crippen LogP contribution in [0.5, 0.6) is 0 Å². The van der Waals surface area contributed by atoms with Crippen LogP contribution in [-0.2, 0) is 6.54 Å². The Bertz CT molecular complexity index is 679. The SMILES string of the molecule is N#Cc1ccccc1N1CCCN(CC(O)Cn2cccn2)CC1. The van der Waals surface area contributed by atoms with Gasteiger partial charge in [-0.05, 0) is 31.2 Å². The van der Waals surface area contributed by atoms with Crippen molar-refractivity contribution in [2.45, 2.75) is 19.1 Å². The normalized spacial score (nSPS) is 17.2. The molecule has 6 nitrogen and oxygen atoms in total. The standard InChI is InChI=1S/C18H23N5O/c19-13-16-5-1-2-6-18(16)22-9-4-8-21(11-12-22)14-17(24)15-23-10-3-7-20-23/h1-3,5-7,10,17,24H,4,8-9,11-12,14-15H2. The zero-order chi connectivity index (χ0) is 16.8. The molecule has 1 aliphatic heterocycles. The van der Waals surface area contributed by atoms with Crippen molar-refractivity contribution in [3.63, 3.8) is 0 Å². The predicted molar refractivity (Wildman–Crippen MR) is 92.7 cm³/mol. The van der Waals surface area contributed by atoms with Crippen molar-refractivity contribution in [2.75, 3.05) is 37.6 Å². The number of anilines is 1. The van der Waals surface area contributed by atoms with E-state index in [0.29, 0.717) is 13.1 Å². The van der Waals surface area contributed by atoms with Crippen LogP contribution in [0.2, 0.25) is 0 Å². The molecule has 0 amide bonds. The van der Waals surface area contributed by atoms with E-state index in [-0.39, 0.29) is 0 Å². The molecule has 126 valence electrons. The molecule has 2 heterocycles. The summed E-state index contributed by atoms with van der Waals surface area (Å²) in [4.78, 5) is 4.57. The molecule has 1 atom stereocenters. The molecule has 1 fully saturated rings. The van der Waals surface area contributed by atoms with E-state index in [1.165, 1.54) is 0 Å². The Morgan fingerprint density at radius 1 is 1.12 bits per heavy atom. The number of β-amino-alcohol motifs (C(OH)–C–C–N with tert-alkyl or cyclic N) is 1. The number of aliphatic hydroxyl groups is 1. The average Bonchev–Trinajstić information content (AvgIpc) is 2.99. The smallest absolute Gasteiger partial charge is 0.101 e. The highest BCUT2D eigenvalue weighted by atomic mass is 16.3. The third-order valence-corrected chi connectivity index (χ3v) is 4.38. The van der Waals surface area contributed by atoms with Crippen LogP contribution < -0.4 is 4.90 Å². The molecule has 1 N–H and O–H groups in total. The van der Waals surface area contributed by atoms with E-state index in [1.54, 1.807) is 10.9 Å². The van der Waals surface area contributed by atoms with Crippen molar-refractivity contribution >= 4 is 5.69 Å². The van der Waals surface area contributed by atoms with Crippen molar-refractivity contribution in [3.05, 3.63) is 48.3 Å². The fraction of sp³-hybridized carbons (Fsp3) is 0.444. The van der Waals surface area contributed by atoms with E-state index in [2.05, 4.69) is 21.0 Å². The van der Waals surface area contributed by atoms with E-state index in [1.807, 2.05) is 36.5 Å². The Kier molecular flexibility index (Phi) is 5.47. The van der Waals surface area contributed by atoms with Gasteiger partial charge in [-0.1, -0.05) is 12.1 Å². The van der Waals surface area contributed by atoms with Gasteiger partial charge in [-0.15, -0.1) is 0 Å². The minimum Gasteiger partial charge on any atom is -0.390 e. The zero-order valence-electron chi connectivity index (χ0n) is 13.8. The van der Waals surface area contributed by atoms with Crippen molar-refractivity contribution in [1.82, 2.24) is 14.7 Å². The molecule has 2 aromatic rings. The first kappa shape index (κ1) is 16.5. The fourth-order valence-electron chi connectivity index (χ4n) is 3.22. The molecule has 1 aromatic heterocycles. The van der Waals surface area contributed by atoms with Gasteiger partial charge in [-0.2, -0.15) is 10.4 Å². The number of hydrogen-bond donors (Lipinski definition) is 1. The van der Waals surface area contributed by atoms with Crippen LogP contribution in [0.4, 0.5) is 5.69 Å². The summed E-state index contributed by atoms with van der Waals surface area (Å²) in [6.45, 7) is 4.81. The second-order valence-electron chi connectivity index (χ2n) is 6.15. The molecule has 0 radical (unpaired) electrons. The van der Waals surface area contributed by atoms with Crippen LogP contribution in [0.1, 0.15) is 12.0 Å². The summed E-state index contributed by atoms with van der Waals surface area (Å²) in [6.07, 6.45) is 4.19. The minimum absolute atomic E-state index is 0.428. The van der Waals surface area contributed by atoms with Crippen LogP contribution >= 0.6 is 0 Å². The second-order valence-corrected chi connectivity index (χ2v) is 6.15. The largest absolute Gasteiger partial charge is 0.390 e. The topological polar surface area (TPSA) is 68.3 Å². The van der Waals surface area contributed by atoms with Gasteiger partial charge < -0.3 is 10.0 Å². The number of benzene rings is 1. The van der Waals surface area contributed by atoms with E-state index >= 15 is 0 Å². The van der Waals surface area contributed by atoms with Gasteiger partial charge in [-0.25, -0.2) is 0 Å². The van der Waals surface area contributed by atoms with Crippen molar-refractivity contribution in [1.29, 1.82) is 5.26 Å². The van der Waals surface area contributed by atoms with E-state index in [9.17, 15) is 10.4 Å². The molecular weight excluding hydrogens is 302 g/mol. The van der Waals surface area contributed by atoms with Crippen LogP contribution in [0, 0.1) is 11.3 Å². The molecule has 1 aromatic carbocycles. The first-order valence-corrected chi connectivity index (χ1v) is 8.38. The molecule has 1 aliphatic rings. The summed E-state index contributed by atoms with van der Waals surface area (Å²) < 4.78 is 1.76. The van der Waals surface area contributed by atoms with Crippen molar-refractivity contribution in [3.8, 4) is 6.07 Å². The quantitative estimate of drug-likeness (QED) is 0.898. The van der Waals surface area contributed by atoms with Gasteiger partial charge >= 0.3 is 0 Å². The molecule has 24 heavy (non-hydrogen) atoms. The number of nitrogens with zero attached hydrogens (tertiary/aromatic N) is 5. The summed E-state index contributed by atoms with van der Waals surface area (Å²) in [5.74, 6) is 0. The number of hydrogen-bond acceptors (Lipinski definition) is 5. The fourth-order valence-corrected chi connectivity index (χ4v) is 3.22. The predicted octanol–water partition coefficient (Wildman–Crippen LogP) is 1.33. The lowest BCUT2D eigenvalue weighted by molar-refractivity contribution is 0.0980. The Hall–Kier alpha value is -2.36. The summed E-state index contributed by atoms with van der Waals surface area (Å²) in [5, 5.41) is 23.7. The van der Waals surface area contributed by atoms with E-state index in [0.717, 1.165) is 43.9 Å². The Balaban J connectivity index is 1.56. The van der Waals surface area contributed by atoms with Crippen LogP contribution in [0.3, 0.4) is 0 Å². The van der Waals surface area contributed by atoms with Gasteiger partial charge in [0.2, 0.25) is 0 Å². The van der Waals surface area contributed by atoms with Crippen LogP contribution in [0.15, 0.2) is 42.7 Å².